The van der Waals surface area contributed by atoms with Crippen molar-refractivity contribution in [3.05, 3.63) is 291 Å². The Hall–Kier alpha value is -10.9. The Labute approximate surface area is 479 Å². The number of furan rings is 3. The third kappa shape index (κ3) is 7.75. The SMILES string of the molecule is C=C(/C=C\C=C/C)c1cc2ccccc2c2c1oc1c(-c3ccc(N(c4ccc(-c5cccc6c5oc5c(-c7ccccc7)cc7ccccc7c56)cc4)c4cccc5c4oc4c(-c6ccccc6)cc6ccccc6c45)cc3)cccc12. The smallest absolute Gasteiger partial charge is 0.159 e. The summed E-state index contributed by atoms with van der Waals surface area (Å²) in [6.45, 7) is 6.52. The number of fused-ring (bicyclic) bond motifs is 15. The normalized spacial score (nSPS) is 12.1. The number of allylic oxidation sites excluding steroid dienone is 5. The average Bonchev–Trinajstić information content (AvgIpc) is 2.64. The van der Waals surface area contributed by atoms with E-state index in [4.69, 9.17) is 13.3 Å². The summed E-state index contributed by atoms with van der Waals surface area (Å²) in [5.41, 5.74) is 18.3. The Kier molecular flexibility index (Phi) is 11.2. The van der Waals surface area contributed by atoms with Gasteiger partial charge in [0.15, 0.2) is 5.58 Å². The van der Waals surface area contributed by atoms with Crippen molar-refractivity contribution in [3.63, 3.8) is 0 Å². The van der Waals surface area contributed by atoms with Gasteiger partial charge in [-0.2, -0.15) is 0 Å². The van der Waals surface area contributed by atoms with Gasteiger partial charge in [0.2, 0.25) is 0 Å². The molecule has 0 radical (unpaired) electrons. The van der Waals surface area contributed by atoms with Crippen LogP contribution >= 0.6 is 0 Å². The maximum Gasteiger partial charge on any atom is 0.159 e. The minimum atomic E-state index is 0.801. The fraction of sp³-hybridized carbons (Fsp3) is 0.0127. The molecule has 0 aliphatic heterocycles. The van der Waals surface area contributed by atoms with Crippen LogP contribution < -0.4 is 4.90 Å². The van der Waals surface area contributed by atoms with Crippen LogP contribution in [0.2, 0.25) is 0 Å². The van der Waals surface area contributed by atoms with Crippen LogP contribution in [0.3, 0.4) is 0 Å². The Morgan fingerprint density at radius 1 is 0.337 bits per heavy atom. The minimum Gasteiger partial charge on any atom is -0.455 e. The molecule has 0 aliphatic carbocycles. The van der Waals surface area contributed by atoms with Gasteiger partial charge < -0.3 is 18.2 Å². The van der Waals surface area contributed by atoms with E-state index in [1.54, 1.807) is 0 Å². The molecule has 83 heavy (non-hydrogen) atoms. The van der Waals surface area contributed by atoms with Gasteiger partial charge in [0.05, 0.1) is 5.69 Å². The van der Waals surface area contributed by atoms with Crippen LogP contribution in [0.25, 0.3) is 148 Å². The van der Waals surface area contributed by atoms with Crippen LogP contribution in [0.4, 0.5) is 17.1 Å². The second kappa shape index (κ2) is 19.4. The molecule has 4 heteroatoms. The molecule has 390 valence electrons. The van der Waals surface area contributed by atoms with Crippen LogP contribution in [0, 0.1) is 0 Å². The van der Waals surface area contributed by atoms with Crippen LogP contribution in [0.1, 0.15) is 12.5 Å². The van der Waals surface area contributed by atoms with Crippen molar-refractivity contribution in [2.24, 2.45) is 0 Å². The summed E-state index contributed by atoms with van der Waals surface area (Å²) in [6, 6.07) is 91.0. The van der Waals surface area contributed by atoms with Crippen molar-refractivity contribution in [1.82, 2.24) is 0 Å². The summed E-state index contributed by atoms with van der Waals surface area (Å²) >= 11 is 0. The first-order chi connectivity index (χ1) is 41.1. The van der Waals surface area contributed by atoms with Crippen LogP contribution in [-0.4, -0.2) is 0 Å². The lowest BCUT2D eigenvalue weighted by Crippen LogP contribution is -2.10. The standard InChI is InChI=1S/C79H51NO3/c1-3-4-7-21-49(2)67-46-54-26-12-15-29-59(54)71-64-34-18-32-62(74(64)81-77(67)71)52-38-42-57(43-39-52)80(70-37-20-36-66-73-61-31-17-14-28-56(61)48-69(79(73)83-76(66)70)51-24-10-6-11-25-51)58-44-40-53(41-45-58)63-33-19-35-65-72-60-30-16-13-27-55(60)47-68(78(72)82-75(63)65)50-22-8-5-9-23-50/h3-48H,2H2,1H3/b4-3-,21-7-. The zero-order chi connectivity index (χ0) is 55.1. The lowest BCUT2D eigenvalue weighted by atomic mass is 9.95. The molecule has 16 rings (SSSR count). The third-order valence-electron chi connectivity index (χ3n) is 16.7. The molecule has 0 amide bonds. The molecule has 13 aromatic carbocycles. The van der Waals surface area contributed by atoms with Crippen molar-refractivity contribution in [2.45, 2.75) is 6.92 Å². The zero-order valence-electron chi connectivity index (χ0n) is 45.4. The van der Waals surface area contributed by atoms with Crippen molar-refractivity contribution >= 4 is 121 Å². The zero-order valence-corrected chi connectivity index (χ0v) is 45.4. The first kappa shape index (κ1) is 48.0. The number of nitrogens with zero attached hydrogens (tertiary/aromatic N) is 1. The molecule has 0 fully saturated rings. The highest BCUT2D eigenvalue weighted by molar-refractivity contribution is 6.26. The molecule has 0 saturated carbocycles. The maximum atomic E-state index is 7.32. The largest absolute Gasteiger partial charge is 0.455 e. The fourth-order valence-corrected chi connectivity index (χ4v) is 12.8. The second-order valence-electron chi connectivity index (χ2n) is 21.4. The summed E-state index contributed by atoms with van der Waals surface area (Å²) in [4.78, 5) is 2.33. The van der Waals surface area contributed by atoms with E-state index < -0.39 is 0 Å². The number of hydrogen-bond acceptors (Lipinski definition) is 4. The molecule has 0 atom stereocenters. The van der Waals surface area contributed by atoms with Gasteiger partial charge in [-0.05, 0) is 116 Å². The highest BCUT2D eigenvalue weighted by Gasteiger charge is 2.25. The minimum absolute atomic E-state index is 0.801. The summed E-state index contributed by atoms with van der Waals surface area (Å²) in [5, 5.41) is 13.5. The number of hydrogen-bond donors (Lipinski definition) is 0. The molecule has 4 nitrogen and oxygen atoms in total. The third-order valence-corrected chi connectivity index (χ3v) is 16.7. The quantitative estimate of drug-likeness (QED) is 0.128. The topological polar surface area (TPSA) is 42.7 Å². The highest BCUT2D eigenvalue weighted by atomic mass is 16.3. The van der Waals surface area contributed by atoms with Gasteiger partial charge in [0.25, 0.3) is 0 Å². The molecule has 16 aromatic rings. The Bertz CT molecular complexity index is 5330. The van der Waals surface area contributed by atoms with Crippen molar-refractivity contribution in [2.75, 3.05) is 4.90 Å². The van der Waals surface area contributed by atoms with Gasteiger partial charge in [0, 0.05) is 71.5 Å². The lowest BCUT2D eigenvalue weighted by Gasteiger charge is -2.26. The van der Waals surface area contributed by atoms with Gasteiger partial charge in [0.1, 0.15) is 27.9 Å². The van der Waals surface area contributed by atoms with E-state index in [0.29, 0.717) is 0 Å². The average molecular weight is 1060 g/mol. The molecule has 3 heterocycles. The molecular weight excluding hydrogens is 1010 g/mol. The van der Waals surface area contributed by atoms with Crippen molar-refractivity contribution in [1.29, 1.82) is 0 Å². The van der Waals surface area contributed by atoms with Crippen LogP contribution in [-0.2, 0) is 0 Å². The summed E-state index contributed by atoms with van der Waals surface area (Å²) in [7, 11) is 0. The summed E-state index contributed by atoms with van der Waals surface area (Å²) < 4.78 is 21.5. The highest BCUT2D eigenvalue weighted by Crippen LogP contribution is 2.49. The fourth-order valence-electron chi connectivity index (χ4n) is 12.8. The first-order valence-electron chi connectivity index (χ1n) is 28.3. The van der Waals surface area contributed by atoms with Gasteiger partial charge >= 0.3 is 0 Å². The Morgan fingerprint density at radius 3 is 1.24 bits per heavy atom. The van der Waals surface area contributed by atoms with E-state index in [9.17, 15) is 0 Å². The van der Waals surface area contributed by atoms with Crippen molar-refractivity contribution < 1.29 is 13.3 Å². The number of para-hydroxylation sites is 3. The summed E-state index contributed by atoms with van der Waals surface area (Å²) in [6.07, 6.45) is 8.12. The Balaban J connectivity index is 0.874. The molecule has 0 spiro atoms. The number of anilines is 3. The molecule has 3 aromatic heterocycles. The van der Waals surface area contributed by atoms with Crippen LogP contribution in [0.15, 0.2) is 299 Å². The van der Waals surface area contributed by atoms with E-state index in [2.05, 4.69) is 272 Å². The second-order valence-corrected chi connectivity index (χ2v) is 21.4. The number of rotatable bonds is 10. The van der Waals surface area contributed by atoms with Crippen molar-refractivity contribution in [3.8, 4) is 44.5 Å². The summed E-state index contributed by atoms with van der Waals surface area (Å²) in [5.74, 6) is 0. The predicted octanol–water partition coefficient (Wildman–Crippen LogP) is 23.1. The lowest BCUT2D eigenvalue weighted by molar-refractivity contribution is 0.669. The molecule has 0 aliphatic rings. The molecule has 0 saturated heterocycles. The van der Waals surface area contributed by atoms with Gasteiger partial charge in [-0.25, -0.2) is 0 Å². The molecular formula is C79H51NO3. The van der Waals surface area contributed by atoms with Gasteiger partial charge in [-0.15, -0.1) is 0 Å². The Morgan fingerprint density at radius 2 is 0.735 bits per heavy atom. The monoisotopic (exact) mass is 1060 g/mol. The van der Waals surface area contributed by atoms with Crippen LogP contribution in [0.5, 0.6) is 0 Å². The van der Waals surface area contributed by atoms with E-state index in [1.165, 1.54) is 10.8 Å². The van der Waals surface area contributed by atoms with Gasteiger partial charge in [-0.3, -0.25) is 0 Å². The van der Waals surface area contributed by atoms with E-state index >= 15 is 0 Å². The predicted molar refractivity (Wildman–Crippen MR) is 350 cm³/mol. The molecule has 0 bridgehead atoms. The van der Waals surface area contributed by atoms with E-state index in [-0.39, 0.29) is 0 Å². The van der Waals surface area contributed by atoms with E-state index in [0.717, 1.165) is 160 Å². The molecule has 0 unspecified atom stereocenters. The molecule has 0 N–H and O–H groups in total. The van der Waals surface area contributed by atoms with Gasteiger partial charge in [-0.1, -0.05) is 237 Å². The first-order valence-corrected chi connectivity index (χ1v) is 28.3. The maximum absolute atomic E-state index is 7.32. The van der Waals surface area contributed by atoms with E-state index in [1.807, 2.05) is 25.2 Å². The number of benzene rings is 13.